The lowest BCUT2D eigenvalue weighted by molar-refractivity contribution is -0.143. The Hall–Kier alpha value is -1.34. The smallest absolute Gasteiger partial charge is 0.260 e. The molecule has 1 aromatic rings. The maximum absolute atomic E-state index is 12.4. The first kappa shape index (κ1) is 19.0. The zero-order valence-electron chi connectivity index (χ0n) is 13.9. The Kier molecular flexibility index (Phi) is 6.86. The van der Waals surface area contributed by atoms with Crippen molar-refractivity contribution >= 4 is 17.5 Å². The first-order valence-electron chi connectivity index (χ1n) is 8.03. The van der Waals surface area contributed by atoms with Crippen LogP contribution in [0.25, 0.3) is 0 Å². The van der Waals surface area contributed by atoms with E-state index < -0.39 is 12.2 Å². The molecule has 0 unspecified atom stereocenters. The van der Waals surface area contributed by atoms with Crippen molar-refractivity contribution in [2.75, 3.05) is 32.9 Å². The van der Waals surface area contributed by atoms with Gasteiger partial charge in [-0.05, 0) is 31.5 Å². The average Bonchev–Trinajstić information content (AvgIpc) is 2.56. The summed E-state index contributed by atoms with van der Waals surface area (Å²) in [5, 5.41) is 20.1. The summed E-state index contributed by atoms with van der Waals surface area (Å²) >= 11 is 6.06. The summed E-state index contributed by atoms with van der Waals surface area (Å²) in [5.41, 5.74) is 0.991. The highest BCUT2D eigenvalue weighted by Crippen LogP contribution is 2.25. The number of aryl methyl sites for hydroxylation is 1. The fourth-order valence-corrected chi connectivity index (χ4v) is 2.83. The summed E-state index contributed by atoms with van der Waals surface area (Å²) in [7, 11) is 0. The number of ether oxygens (including phenoxy) is 2. The van der Waals surface area contributed by atoms with E-state index in [1.54, 1.807) is 17.0 Å². The van der Waals surface area contributed by atoms with Gasteiger partial charge >= 0.3 is 0 Å². The molecule has 24 heavy (non-hydrogen) atoms. The molecule has 7 heteroatoms. The van der Waals surface area contributed by atoms with Crippen molar-refractivity contribution in [2.24, 2.45) is 5.92 Å². The van der Waals surface area contributed by atoms with Gasteiger partial charge in [0.1, 0.15) is 11.9 Å². The minimum absolute atomic E-state index is 0.118. The molecule has 0 bridgehead atoms. The molecule has 0 saturated carbocycles. The molecule has 1 aliphatic rings. The van der Waals surface area contributed by atoms with Gasteiger partial charge < -0.3 is 24.6 Å². The van der Waals surface area contributed by atoms with Gasteiger partial charge in [0.15, 0.2) is 6.61 Å². The molecule has 1 fully saturated rings. The molecule has 2 N–H and O–H groups in total. The minimum Gasteiger partial charge on any atom is -0.482 e. The van der Waals surface area contributed by atoms with E-state index in [9.17, 15) is 15.0 Å². The number of hydrogen-bond donors (Lipinski definition) is 2. The summed E-state index contributed by atoms with van der Waals surface area (Å²) in [5.74, 6) is -0.0555. The number of carbonyl (C=O) groups excluding carboxylic acids is 1. The van der Waals surface area contributed by atoms with Gasteiger partial charge in [-0.3, -0.25) is 4.79 Å². The van der Waals surface area contributed by atoms with Crippen LogP contribution in [0.2, 0.25) is 5.02 Å². The largest absolute Gasteiger partial charge is 0.482 e. The number of nitrogens with zero attached hydrogens (tertiary/aromatic N) is 1. The lowest BCUT2D eigenvalue weighted by Crippen LogP contribution is -2.50. The molecule has 0 aromatic heterocycles. The topological polar surface area (TPSA) is 79.2 Å². The van der Waals surface area contributed by atoms with Crippen molar-refractivity contribution in [3.05, 3.63) is 28.8 Å². The van der Waals surface area contributed by atoms with E-state index in [1.165, 1.54) is 0 Å². The quantitative estimate of drug-likeness (QED) is 0.801. The van der Waals surface area contributed by atoms with Crippen molar-refractivity contribution in [2.45, 2.75) is 26.1 Å². The van der Waals surface area contributed by atoms with E-state index in [2.05, 4.69) is 0 Å². The third-order valence-electron chi connectivity index (χ3n) is 4.12. The Bertz CT molecular complexity index is 568. The number of halogens is 1. The number of aliphatic hydroxyl groups is 2. The Labute approximate surface area is 146 Å². The Balaban J connectivity index is 1.92. The fourth-order valence-electron chi connectivity index (χ4n) is 2.65. The van der Waals surface area contributed by atoms with Crippen molar-refractivity contribution in [1.82, 2.24) is 4.90 Å². The number of carbonyl (C=O) groups is 1. The van der Waals surface area contributed by atoms with Gasteiger partial charge in [0.2, 0.25) is 0 Å². The van der Waals surface area contributed by atoms with E-state index >= 15 is 0 Å². The molecular formula is C17H24ClNO5. The van der Waals surface area contributed by atoms with E-state index in [-0.39, 0.29) is 25.0 Å². The van der Waals surface area contributed by atoms with Gasteiger partial charge in [0, 0.05) is 19.0 Å². The van der Waals surface area contributed by atoms with Crippen molar-refractivity contribution in [1.29, 1.82) is 0 Å². The van der Waals surface area contributed by atoms with Crippen LogP contribution in [0.5, 0.6) is 5.75 Å². The number of rotatable bonds is 6. The van der Waals surface area contributed by atoms with Crippen LogP contribution in [0.3, 0.4) is 0 Å². The Morgan fingerprint density at radius 1 is 1.42 bits per heavy atom. The molecular weight excluding hydrogens is 334 g/mol. The third-order valence-corrected chi connectivity index (χ3v) is 4.44. The van der Waals surface area contributed by atoms with Gasteiger partial charge in [0.25, 0.3) is 5.91 Å². The lowest BCUT2D eigenvalue weighted by atomic mass is 9.96. The molecule has 3 atom stereocenters. The zero-order chi connectivity index (χ0) is 17.7. The van der Waals surface area contributed by atoms with Gasteiger partial charge in [-0.2, -0.15) is 0 Å². The molecule has 6 nitrogen and oxygen atoms in total. The van der Waals surface area contributed by atoms with Crippen molar-refractivity contribution in [3.63, 3.8) is 0 Å². The number of amides is 1. The molecule has 1 heterocycles. The molecule has 0 spiro atoms. The highest BCUT2D eigenvalue weighted by atomic mass is 35.5. The Morgan fingerprint density at radius 3 is 2.88 bits per heavy atom. The summed E-state index contributed by atoms with van der Waals surface area (Å²) in [6, 6.07) is 5.37. The fraction of sp³-hybridized carbons (Fsp3) is 0.588. The summed E-state index contributed by atoms with van der Waals surface area (Å²) in [6.07, 6.45) is -1.81. The van der Waals surface area contributed by atoms with Crippen LogP contribution in [-0.4, -0.2) is 66.1 Å². The third kappa shape index (κ3) is 4.83. The monoisotopic (exact) mass is 357 g/mol. The first-order chi connectivity index (χ1) is 11.4. The molecule has 0 aliphatic carbocycles. The van der Waals surface area contributed by atoms with Gasteiger partial charge in [0.05, 0.1) is 24.3 Å². The minimum atomic E-state index is -0.917. The maximum Gasteiger partial charge on any atom is 0.260 e. The molecule has 0 radical (unpaired) electrons. The second-order valence-electron chi connectivity index (χ2n) is 6.01. The molecule has 1 aliphatic heterocycles. The predicted octanol–water partition coefficient (Wildman–Crippen LogP) is 1.24. The van der Waals surface area contributed by atoms with Gasteiger partial charge in [-0.25, -0.2) is 0 Å². The molecule has 134 valence electrons. The van der Waals surface area contributed by atoms with Gasteiger partial charge in [-0.15, -0.1) is 0 Å². The van der Waals surface area contributed by atoms with Crippen LogP contribution in [0.4, 0.5) is 0 Å². The second kappa shape index (κ2) is 8.67. The summed E-state index contributed by atoms with van der Waals surface area (Å²) in [6.45, 7) is 4.84. The van der Waals surface area contributed by atoms with Crippen molar-refractivity contribution < 1.29 is 24.5 Å². The summed E-state index contributed by atoms with van der Waals surface area (Å²) in [4.78, 5) is 14.0. The number of likely N-dealkylation sites (N-methyl/N-ethyl adjacent to an activating group) is 1. The molecule has 1 aromatic carbocycles. The van der Waals surface area contributed by atoms with Crippen molar-refractivity contribution in [3.8, 4) is 5.75 Å². The van der Waals surface area contributed by atoms with Crippen LogP contribution in [-0.2, 0) is 9.53 Å². The predicted molar refractivity (Wildman–Crippen MR) is 90.3 cm³/mol. The van der Waals surface area contributed by atoms with E-state index in [4.69, 9.17) is 21.1 Å². The van der Waals surface area contributed by atoms with Crippen LogP contribution in [0, 0.1) is 12.8 Å². The highest BCUT2D eigenvalue weighted by Gasteiger charge is 2.33. The average molecular weight is 358 g/mol. The molecule has 1 saturated heterocycles. The molecule has 1 amide bonds. The normalized spacial score (nSPS) is 23.8. The first-order valence-corrected chi connectivity index (χ1v) is 8.40. The number of hydrogen-bond acceptors (Lipinski definition) is 5. The van der Waals surface area contributed by atoms with Crippen LogP contribution >= 0.6 is 11.6 Å². The van der Waals surface area contributed by atoms with Crippen LogP contribution < -0.4 is 4.74 Å². The summed E-state index contributed by atoms with van der Waals surface area (Å²) < 4.78 is 10.8. The van der Waals surface area contributed by atoms with Crippen LogP contribution in [0.1, 0.15) is 12.5 Å². The van der Waals surface area contributed by atoms with Crippen LogP contribution in [0.15, 0.2) is 18.2 Å². The van der Waals surface area contributed by atoms with E-state index in [0.29, 0.717) is 30.5 Å². The number of benzene rings is 1. The number of aliphatic hydroxyl groups excluding tert-OH is 2. The highest BCUT2D eigenvalue weighted by molar-refractivity contribution is 6.32. The standard InChI is InChI=1S/C17H24ClNO5/c1-3-19(7-12-8-23-9-14(20)17(12)22)16(21)10-24-15-6-11(2)4-5-13(15)18/h4-6,12,14,17,20,22H,3,7-10H2,1-2H3/t12-,14-,17+/m1/s1. The second-order valence-corrected chi connectivity index (χ2v) is 6.42. The molecule has 2 rings (SSSR count). The van der Waals surface area contributed by atoms with E-state index in [1.807, 2.05) is 19.9 Å². The maximum atomic E-state index is 12.4. The SMILES string of the molecule is CCN(C[C@@H]1COC[C@@H](O)[C@H]1O)C(=O)COc1cc(C)ccc1Cl. The van der Waals surface area contributed by atoms with E-state index in [0.717, 1.165) is 5.56 Å². The Morgan fingerprint density at radius 2 is 2.17 bits per heavy atom. The zero-order valence-corrected chi connectivity index (χ0v) is 14.7. The lowest BCUT2D eigenvalue weighted by Gasteiger charge is -2.35. The van der Waals surface area contributed by atoms with Gasteiger partial charge in [-0.1, -0.05) is 17.7 Å².